The summed E-state index contributed by atoms with van der Waals surface area (Å²) in [5, 5.41) is 9.91. The molecule has 0 aliphatic heterocycles. The summed E-state index contributed by atoms with van der Waals surface area (Å²) in [5.74, 6) is 0.801. The average Bonchev–Trinajstić information content (AvgIpc) is 2.86. The lowest BCUT2D eigenvalue weighted by atomic mass is 10.2. The molecule has 0 aliphatic rings. The first-order valence-electron chi connectivity index (χ1n) is 6.12. The Kier molecular flexibility index (Phi) is 3.28. The van der Waals surface area contributed by atoms with Crippen LogP contribution in [0.1, 0.15) is 11.3 Å². The van der Waals surface area contributed by atoms with E-state index in [-0.39, 0.29) is 5.76 Å². The number of fused-ring (bicyclic) bond motifs is 1. The fourth-order valence-corrected chi connectivity index (χ4v) is 2.35. The number of hydrogen-bond donors (Lipinski definition) is 1. The Labute approximate surface area is 129 Å². The predicted molar refractivity (Wildman–Crippen MR) is 82.1 cm³/mol. The van der Waals surface area contributed by atoms with Crippen molar-refractivity contribution in [2.45, 2.75) is 6.92 Å². The summed E-state index contributed by atoms with van der Waals surface area (Å²) in [6.45, 7) is 1.85. The Morgan fingerprint density at radius 1 is 1.38 bits per heavy atom. The highest BCUT2D eigenvalue weighted by Gasteiger charge is 2.18. The lowest BCUT2D eigenvalue weighted by Crippen LogP contribution is -1.96. The third kappa shape index (κ3) is 2.22. The highest BCUT2D eigenvalue weighted by atomic mass is 79.9. The molecule has 0 aliphatic carbocycles. The molecule has 1 aromatic carbocycles. The smallest absolute Gasteiger partial charge is 0.247 e. The van der Waals surface area contributed by atoms with E-state index in [1.54, 1.807) is 6.07 Å². The Balaban J connectivity index is 2.15. The molecule has 0 saturated heterocycles. The minimum absolute atomic E-state index is 0.111. The largest absolute Gasteiger partial charge is 0.442 e. The minimum atomic E-state index is 0.111. The Morgan fingerprint density at radius 2 is 2.14 bits per heavy atom. The van der Waals surface area contributed by atoms with Crippen LogP contribution in [0.2, 0.25) is 0 Å². The third-order valence-electron chi connectivity index (χ3n) is 3.12. The van der Waals surface area contributed by atoms with E-state index in [0.29, 0.717) is 27.4 Å². The summed E-state index contributed by atoms with van der Waals surface area (Å²) < 4.78 is 11.9. The van der Waals surface area contributed by atoms with Gasteiger partial charge in [0.2, 0.25) is 11.6 Å². The van der Waals surface area contributed by atoms with Crippen LogP contribution in [0.15, 0.2) is 39.4 Å². The Bertz CT molecular complexity index is 880. The molecule has 21 heavy (non-hydrogen) atoms. The van der Waals surface area contributed by atoms with Gasteiger partial charge in [-0.15, -0.1) is 0 Å². The Morgan fingerprint density at radius 3 is 2.90 bits per heavy atom. The molecule has 0 spiro atoms. The predicted octanol–water partition coefficient (Wildman–Crippen LogP) is 4.14. The molecular formula is C15H10BrN3O2. The first-order chi connectivity index (χ1) is 10.1. The van der Waals surface area contributed by atoms with Gasteiger partial charge in [0.1, 0.15) is 11.7 Å². The summed E-state index contributed by atoms with van der Waals surface area (Å²) >= 11 is 3.41. The van der Waals surface area contributed by atoms with E-state index in [1.807, 2.05) is 31.2 Å². The van der Waals surface area contributed by atoms with Crippen molar-refractivity contribution in [3.8, 4) is 17.7 Å². The molecule has 0 atom stereocenters. The lowest BCUT2D eigenvalue weighted by Gasteiger charge is -2.09. The number of rotatable bonds is 2. The molecule has 3 rings (SSSR count). The van der Waals surface area contributed by atoms with Crippen LogP contribution in [-0.4, -0.2) is 4.98 Å². The number of ether oxygens (including phenoxy) is 1. The van der Waals surface area contributed by atoms with E-state index >= 15 is 0 Å². The fourth-order valence-electron chi connectivity index (χ4n) is 1.93. The van der Waals surface area contributed by atoms with Crippen molar-refractivity contribution in [1.82, 2.24) is 4.98 Å². The first kappa shape index (κ1) is 13.5. The van der Waals surface area contributed by atoms with Crippen molar-refractivity contribution in [3.63, 3.8) is 0 Å². The molecule has 0 amide bonds. The molecule has 2 aromatic heterocycles. The number of halogens is 1. The van der Waals surface area contributed by atoms with Gasteiger partial charge >= 0.3 is 0 Å². The van der Waals surface area contributed by atoms with Gasteiger partial charge in [-0.05, 0) is 40.5 Å². The van der Waals surface area contributed by atoms with Crippen molar-refractivity contribution < 1.29 is 9.15 Å². The Hall–Kier alpha value is -2.52. The van der Waals surface area contributed by atoms with E-state index in [9.17, 15) is 5.26 Å². The van der Waals surface area contributed by atoms with Gasteiger partial charge in [0, 0.05) is 0 Å². The molecule has 104 valence electrons. The highest BCUT2D eigenvalue weighted by Crippen LogP contribution is 2.38. The molecule has 2 N–H and O–H groups in total. The number of para-hydroxylation sites is 1. The standard InChI is InChI=1S/C15H10BrN3O2/c1-8-10(18)7-19-15(13(8)16)21-14-9-4-2-3-5-11(9)20-12(14)6-17/h2-5,7H,18H2,1H3. The maximum Gasteiger partial charge on any atom is 0.247 e. The van der Waals surface area contributed by atoms with Crippen LogP contribution < -0.4 is 10.5 Å². The number of hydrogen-bond acceptors (Lipinski definition) is 5. The molecule has 0 unspecified atom stereocenters. The van der Waals surface area contributed by atoms with E-state index in [0.717, 1.165) is 10.9 Å². The molecule has 0 radical (unpaired) electrons. The quantitative estimate of drug-likeness (QED) is 0.755. The van der Waals surface area contributed by atoms with Crippen LogP contribution >= 0.6 is 15.9 Å². The van der Waals surface area contributed by atoms with Crippen LogP contribution in [-0.2, 0) is 0 Å². The zero-order valence-corrected chi connectivity index (χ0v) is 12.6. The van der Waals surface area contributed by atoms with Crippen LogP contribution in [0.3, 0.4) is 0 Å². The summed E-state index contributed by atoms with van der Waals surface area (Å²) in [5.41, 5.74) is 7.77. The summed E-state index contributed by atoms with van der Waals surface area (Å²) in [4.78, 5) is 4.15. The van der Waals surface area contributed by atoms with Crippen molar-refractivity contribution in [1.29, 1.82) is 5.26 Å². The topological polar surface area (TPSA) is 85.1 Å². The molecule has 0 bridgehead atoms. The minimum Gasteiger partial charge on any atom is -0.442 e. The number of aromatic nitrogens is 1. The van der Waals surface area contributed by atoms with Gasteiger partial charge in [-0.25, -0.2) is 4.98 Å². The third-order valence-corrected chi connectivity index (χ3v) is 4.06. The number of nitrogen functional groups attached to an aromatic ring is 1. The van der Waals surface area contributed by atoms with Crippen molar-refractivity contribution >= 4 is 32.6 Å². The summed E-state index contributed by atoms with van der Waals surface area (Å²) in [6.07, 6.45) is 1.52. The molecule has 2 heterocycles. The molecule has 0 saturated carbocycles. The van der Waals surface area contributed by atoms with Gasteiger partial charge in [-0.2, -0.15) is 5.26 Å². The van der Waals surface area contributed by atoms with E-state index in [4.69, 9.17) is 14.9 Å². The zero-order chi connectivity index (χ0) is 15.0. The molecule has 3 aromatic rings. The van der Waals surface area contributed by atoms with Crippen molar-refractivity contribution in [3.05, 3.63) is 46.3 Å². The maximum absolute atomic E-state index is 9.19. The first-order valence-corrected chi connectivity index (χ1v) is 6.91. The van der Waals surface area contributed by atoms with Gasteiger partial charge in [0.25, 0.3) is 0 Å². The average molecular weight is 344 g/mol. The van der Waals surface area contributed by atoms with Crippen LogP contribution in [0.25, 0.3) is 11.0 Å². The second-order valence-corrected chi connectivity index (χ2v) is 5.22. The normalized spacial score (nSPS) is 10.5. The number of nitriles is 1. The number of nitrogens with two attached hydrogens (primary N) is 1. The lowest BCUT2D eigenvalue weighted by molar-refractivity contribution is 0.447. The van der Waals surface area contributed by atoms with Gasteiger partial charge in [0.15, 0.2) is 5.75 Å². The highest BCUT2D eigenvalue weighted by molar-refractivity contribution is 9.10. The fraction of sp³-hybridized carbons (Fsp3) is 0.0667. The summed E-state index contributed by atoms with van der Waals surface area (Å²) in [7, 11) is 0. The SMILES string of the molecule is Cc1c(N)cnc(Oc2c(C#N)oc3ccccc23)c1Br. The number of nitrogens with zero attached hydrogens (tertiary/aromatic N) is 2. The number of furan rings is 1. The number of anilines is 1. The van der Waals surface area contributed by atoms with Gasteiger partial charge in [0.05, 0.1) is 21.7 Å². The molecule has 5 nitrogen and oxygen atoms in total. The van der Waals surface area contributed by atoms with Crippen LogP contribution in [0, 0.1) is 18.3 Å². The van der Waals surface area contributed by atoms with E-state index in [2.05, 4.69) is 20.9 Å². The van der Waals surface area contributed by atoms with Gasteiger partial charge < -0.3 is 14.9 Å². The van der Waals surface area contributed by atoms with Crippen LogP contribution in [0.4, 0.5) is 5.69 Å². The molecular weight excluding hydrogens is 334 g/mol. The molecule has 0 fully saturated rings. The zero-order valence-electron chi connectivity index (χ0n) is 11.1. The van der Waals surface area contributed by atoms with Gasteiger partial charge in [-0.1, -0.05) is 12.1 Å². The summed E-state index contributed by atoms with van der Waals surface area (Å²) in [6, 6.07) is 9.28. The van der Waals surface area contributed by atoms with Crippen molar-refractivity contribution in [2.75, 3.05) is 5.73 Å². The van der Waals surface area contributed by atoms with E-state index in [1.165, 1.54) is 6.20 Å². The monoisotopic (exact) mass is 343 g/mol. The van der Waals surface area contributed by atoms with E-state index < -0.39 is 0 Å². The second kappa shape index (κ2) is 5.11. The van der Waals surface area contributed by atoms with Gasteiger partial charge in [-0.3, -0.25) is 0 Å². The maximum atomic E-state index is 9.19. The van der Waals surface area contributed by atoms with Crippen molar-refractivity contribution in [2.24, 2.45) is 0 Å². The number of benzene rings is 1. The number of pyridine rings is 1. The van der Waals surface area contributed by atoms with Crippen LogP contribution in [0.5, 0.6) is 11.6 Å². The molecule has 6 heteroatoms. The second-order valence-electron chi connectivity index (χ2n) is 4.43.